The molecule has 0 bridgehead atoms. The maximum Gasteiger partial charge on any atom is 0.352 e. The number of carboxylic acid groups (broad SMARTS) is 1. The van der Waals surface area contributed by atoms with E-state index in [1.165, 1.54) is 6.42 Å². The molecule has 2 rings (SSSR count). The molecule has 0 radical (unpaired) electrons. The van der Waals surface area contributed by atoms with Gasteiger partial charge in [-0.25, -0.2) is 4.79 Å². The van der Waals surface area contributed by atoms with Crippen LogP contribution in [0.4, 0.5) is 0 Å². The summed E-state index contributed by atoms with van der Waals surface area (Å²) in [7, 11) is 1.85. The van der Waals surface area contributed by atoms with Gasteiger partial charge in [0.05, 0.1) is 0 Å². The van der Waals surface area contributed by atoms with Crippen molar-refractivity contribution < 1.29 is 9.90 Å². The average Bonchev–Trinajstić information content (AvgIpc) is 2.39. The first-order valence-electron chi connectivity index (χ1n) is 5.57. The molecule has 1 saturated carbocycles. The van der Waals surface area contributed by atoms with Crippen molar-refractivity contribution in [3.63, 3.8) is 0 Å². The second-order valence-corrected chi connectivity index (χ2v) is 4.29. The summed E-state index contributed by atoms with van der Waals surface area (Å²) in [6, 6.07) is 2.08. The van der Waals surface area contributed by atoms with E-state index in [4.69, 9.17) is 0 Å². The summed E-state index contributed by atoms with van der Waals surface area (Å²) < 4.78 is 1.83. The Labute approximate surface area is 89.7 Å². The molecule has 0 saturated heterocycles. The monoisotopic (exact) mass is 207 g/mol. The number of rotatable bonds is 3. The van der Waals surface area contributed by atoms with Gasteiger partial charge in [-0.3, -0.25) is 0 Å². The fourth-order valence-electron chi connectivity index (χ4n) is 2.32. The van der Waals surface area contributed by atoms with Crippen molar-refractivity contribution in [1.82, 2.24) is 4.57 Å². The molecule has 0 amide bonds. The number of nitrogens with zero attached hydrogens (tertiary/aromatic N) is 1. The average molecular weight is 207 g/mol. The van der Waals surface area contributed by atoms with Gasteiger partial charge in [0.15, 0.2) is 0 Å². The van der Waals surface area contributed by atoms with E-state index >= 15 is 0 Å². The molecule has 1 fully saturated rings. The minimum atomic E-state index is -0.793. The molecule has 3 heteroatoms. The van der Waals surface area contributed by atoms with Crippen LogP contribution >= 0.6 is 0 Å². The van der Waals surface area contributed by atoms with Crippen LogP contribution in [0.15, 0.2) is 6.07 Å². The Kier molecular flexibility index (Phi) is 2.55. The minimum Gasteiger partial charge on any atom is -0.477 e. The predicted molar refractivity (Wildman–Crippen MR) is 58.3 cm³/mol. The normalized spacial score (nSPS) is 16.4. The molecule has 82 valence electrons. The lowest BCUT2D eigenvalue weighted by molar-refractivity contribution is 0.0683. The molecular formula is C12H17NO2. The topological polar surface area (TPSA) is 42.2 Å². The highest BCUT2D eigenvalue weighted by Gasteiger charge is 2.27. The molecule has 1 aromatic heterocycles. The van der Waals surface area contributed by atoms with Crippen LogP contribution in [0.3, 0.4) is 0 Å². The van der Waals surface area contributed by atoms with Crippen LogP contribution in [0.25, 0.3) is 0 Å². The molecule has 15 heavy (non-hydrogen) atoms. The van der Waals surface area contributed by atoms with Crippen molar-refractivity contribution in [3.8, 4) is 0 Å². The zero-order chi connectivity index (χ0) is 11.0. The number of aryl methyl sites for hydroxylation is 1. The zero-order valence-corrected chi connectivity index (χ0v) is 9.29. The van der Waals surface area contributed by atoms with Gasteiger partial charge in [0, 0.05) is 12.7 Å². The third-order valence-corrected chi connectivity index (χ3v) is 3.47. The molecule has 0 aliphatic heterocycles. The quantitative estimate of drug-likeness (QED) is 0.827. The van der Waals surface area contributed by atoms with E-state index in [1.54, 1.807) is 0 Å². The van der Waals surface area contributed by atoms with Gasteiger partial charge in [-0.2, -0.15) is 0 Å². The standard InChI is InChI=1S/C12H17NO2/c1-3-9-7-10(8-5-4-6-8)11(12(14)15)13(9)2/h7-8H,3-6H2,1-2H3,(H,14,15). The van der Waals surface area contributed by atoms with E-state index in [2.05, 4.69) is 13.0 Å². The van der Waals surface area contributed by atoms with Crippen LogP contribution in [0, 0.1) is 0 Å². The van der Waals surface area contributed by atoms with Gasteiger partial charge in [-0.15, -0.1) is 0 Å². The van der Waals surface area contributed by atoms with Crippen LogP contribution in [0.1, 0.15) is 53.8 Å². The maximum atomic E-state index is 11.2. The Morgan fingerprint density at radius 1 is 1.60 bits per heavy atom. The highest BCUT2D eigenvalue weighted by Crippen LogP contribution is 2.39. The summed E-state index contributed by atoms with van der Waals surface area (Å²) >= 11 is 0. The van der Waals surface area contributed by atoms with Gasteiger partial charge in [0.2, 0.25) is 0 Å². The SMILES string of the molecule is CCc1cc(C2CCC2)c(C(=O)O)n1C. The molecule has 1 N–H and O–H groups in total. The van der Waals surface area contributed by atoms with Crippen molar-refractivity contribution >= 4 is 5.97 Å². The number of aromatic nitrogens is 1. The molecule has 1 heterocycles. The van der Waals surface area contributed by atoms with Crippen molar-refractivity contribution in [2.45, 2.75) is 38.5 Å². The summed E-state index contributed by atoms with van der Waals surface area (Å²) in [5, 5.41) is 9.20. The molecule has 0 spiro atoms. The van der Waals surface area contributed by atoms with Gasteiger partial charge >= 0.3 is 5.97 Å². The van der Waals surface area contributed by atoms with E-state index < -0.39 is 5.97 Å². The number of aromatic carboxylic acids is 1. The van der Waals surface area contributed by atoms with E-state index in [0.717, 1.165) is 30.5 Å². The Balaban J connectivity index is 2.46. The summed E-state index contributed by atoms with van der Waals surface area (Å²) in [6.07, 6.45) is 4.42. The second-order valence-electron chi connectivity index (χ2n) is 4.29. The maximum absolute atomic E-state index is 11.2. The zero-order valence-electron chi connectivity index (χ0n) is 9.29. The number of hydrogen-bond donors (Lipinski definition) is 1. The fourth-order valence-corrected chi connectivity index (χ4v) is 2.32. The summed E-state index contributed by atoms with van der Waals surface area (Å²) in [5.41, 5.74) is 2.67. The Bertz CT molecular complexity index is 389. The highest BCUT2D eigenvalue weighted by molar-refractivity contribution is 5.88. The minimum absolute atomic E-state index is 0.489. The number of carbonyl (C=O) groups is 1. The molecule has 0 atom stereocenters. The van der Waals surface area contributed by atoms with Gasteiger partial charge in [0.25, 0.3) is 0 Å². The van der Waals surface area contributed by atoms with Crippen molar-refractivity contribution in [3.05, 3.63) is 23.0 Å². The first-order chi connectivity index (χ1) is 7.15. The number of hydrogen-bond acceptors (Lipinski definition) is 1. The largest absolute Gasteiger partial charge is 0.477 e. The van der Waals surface area contributed by atoms with E-state index in [0.29, 0.717) is 11.6 Å². The lowest BCUT2D eigenvalue weighted by Gasteiger charge is -2.25. The Morgan fingerprint density at radius 3 is 2.67 bits per heavy atom. The highest BCUT2D eigenvalue weighted by atomic mass is 16.4. The van der Waals surface area contributed by atoms with Crippen LogP contribution in [0.2, 0.25) is 0 Å². The first kappa shape index (κ1) is 10.3. The Morgan fingerprint density at radius 2 is 2.27 bits per heavy atom. The fraction of sp³-hybridized carbons (Fsp3) is 0.583. The van der Waals surface area contributed by atoms with E-state index in [-0.39, 0.29) is 0 Å². The lowest BCUT2D eigenvalue weighted by atomic mass is 9.80. The lowest BCUT2D eigenvalue weighted by Crippen LogP contribution is -2.14. The first-order valence-corrected chi connectivity index (χ1v) is 5.57. The molecule has 3 nitrogen and oxygen atoms in total. The van der Waals surface area contributed by atoms with Crippen LogP contribution in [-0.2, 0) is 13.5 Å². The van der Waals surface area contributed by atoms with Gasteiger partial charge in [-0.05, 0) is 36.8 Å². The predicted octanol–water partition coefficient (Wildman–Crippen LogP) is 2.55. The third kappa shape index (κ3) is 1.56. The smallest absolute Gasteiger partial charge is 0.352 e. The second kappa shape index (κ2) is 3.72. The Hall–Kier alpha value is -1.25. The van der Waals surface area contributed by atoms with Crippen LogP contribution < -0.4 is 0 Å². The number of carboxylic acids is 1. The van der Waals surface area contributed by atoms with Crippen LogP contribution in [0.5, 0.6) is 0 Å². The van der Waals surface area contributed by atoms with E-state index in [1.807, 2.05) is 11.6 Å². The molecule has 1 aliphatic rings. The molecule has 1 aliphatic carbocycles. The summed E-state index contributed by atoms with van der Waals surface area (Å²) in [5.74, 6) is -0.304. The third-order valence-electron chi connectivity index (χ3n) is 3.47. The van der Waals surface area contributed by atoms with Crippen molar-refractivity contribution in [2.75, 3.05) is 0 Å². The van der Waals surface area contributed by atoms with Crippen LogP contribution in [-0.4, -0.2) is 15.6 Å². The van der Waals surface area contributed by atoms with E-state index in [9.17, 15) is 9.90 Å². The van der Waals surface area contributed by atoms with Gasteiger partial charge in [-0.1, -0.05) is 13.3 Å². The molecule has 0 unspecified atom stereocenters. The molecule has 1 aromatic rings. The molecular weight excluding hydrogens is 190 g/mol. The van der Waals surface area contributed by atoms with Gasteiger partial charge < -0.3 is 9.67 Å². The van der Waals surface area contributed by atoms with Crippen molar-refractivity contribution in [2.24, 2.45) is 7.05 Å². The summed E-state index contributed by atoms with van der Waals surface area (Å²) in [4.78, 5) is 11.2. The van der Waals surface area contributed by atoms with Crippen molar-refractivity contribution in [1.29, 1.82) is 0 Å². The van der Waals surface area contributed by atoms with Gasteiger partial charge in [0.1, 0.15) is 5.69 Å². The summed E-state index contributed by atoms with van der Waals surface area (Å²) in [6.45, 7) is 2.06. The molecule has 0 aromatic carbocycles.